The number of nitro benzene ring substituents is 1. The quantitative estimate of drug-likeness (QED) is 0.395. The van der Waals surface area contributed by atoms with Gasteiger partial charge >= 0.3 is 11.7 Å². The number of carboxylic acids is 1. The Bertz CT molecular complexity index is 1070. The summed E-state index contributed by atoms with van der Waals surface area (Å²) < 4.78 is 18.8. The number of benzene rings is 2. The number of piperazine rings is 1. The molecule has 0 bridgehead atoms. The van der Waals surface area contributed by atoms with Crippen molar-refractivity contribution < 1.29 is 28.7 Å². The fourth-order valence-corrected chi connectivity index (χ4v) is 3.73. The third kappa shape index (κ3) is 4.77. The van der Waals surface area contributed by atoms with Gasteiger partial charge in [0.2, 0.25) is 0 Å². The molecule has 1 fully saturated rings. The van der Waals surface area contributed by atoms with Crippen molar-refractivity contribution >= 4 is 17.6 Å². The van der Waals surface area contributed by atoms with E-state index in [1.165, 1.54) is 24.3 Å². The molecule has 0 amide bonds. The smallest absolute Gasteiger partial charge is 0.342 e. The normalized spacial score (nSPS) is 18.8. The van der Waals surface area contributed by atoms with E-state index in [2.05, 4.69) is 0 Å². The maximum absolute atomic E-state index is 13.2. The van der Waals surface area contributed by atoms with Crippen LogP contribution in [0.15, 0.2) is 48.2 Å². The van der Waals surface area contributed by atoms with Crippen LogP contribution in [-0.4, -0.2) is 57.1 Å². The van der Waals surface area contributed by atoms with Crippen molar-refractivity contribution in [3.63, 3.8) is 0 Å². The Balaban J connectivity index is 1.77. The van der Waals surface area contributed by atoms with E-state index in [0.29, 0.717) is 18.8 Å². The molecule has 2 aromatic rings. The number of hydrogen-bond acceptors (Lipinski definition) is 7. The number of ether oxygens (including phenoxy) is 1. The van der Waals surface area contributed by atoms with Gasteiger partial charge < -0.3 is 14.7 Å². The summed E-state index contributed by atoms with van der Waals surface area (Å²) in [6, 6.07) is 9.32. The molecule has 0 radical (unpaired) electrons. The Labute approximate surface area is 183 Å². The minimum Gasteiger partial charge on any atom is -0.477 e. The number of halogens is 1. The number of nitrogens with zero attached hydrogens (tertiary/aromatic N) is 3. The molecule has 10 heteroatoms. The first kappa shape index (κ1) is 22.9. The van der Waals surface area contributed by atoms with Gasteiger partial charge in [-0.05, 0) is 43.7 Å². The summed E-state index contributed by atoms with van der Waals surface area (Å²) >= 11 is 0. The first-order valence-corrected chi connectivity index (χ1v) is 9.86. The van der Waals surface area contributed by atoms with E-state index in [-0.39, 0.29) is 24.3 Å². The second-order valence-corrected chi connectivity index (χ2v) is 7.53. The van der Waals surface area contributed by atoms with Crippen LogP contribution in [0, 0.1) is 15.9 Å². The Morgan fingerprint density at radius 1 is 1.28 bits per heavy atom. The lowest BCUT2D eigenvalue weighted by atomic mass is 10.0. The van der Waals surface area contributed by atoms with Crippen LogP contribution in [0.25, 0.3) is 0 Å². The average Bonchev–Trinajstić information content (AvgIpc) is 2.76. The lowest BCUT2D eigenvalue weighted by molar-refractivity contribution is -0.386. The molecule has 0 spiro atoms. The summed E-state index contributed by atoms with van der Waals surface area (Å²) in [7, 11) is 0. The highest BCUT2D eigenvalue weighted by Crippen LogP contribution is 2.32. The highest BCUT2D eigenvalue weighted by atomic mass is 19.1. The molecular formula is C22H22FN3O6. The van der Waals surface area contributed by atoms with E-state index in [1.807, 2.05) is 22.7 Å². The standard InChI is InChI=1S/C22H22FN3O6/c1-14-10-24(13-32-20-5-3-4-18(22(28)29)21(20)26(30)31)15(2)19(12-27)25(14)11-16-6-8-17(23)9-7-16/h3-9,14-15H,10-11,13H2,1-2H3,(H,28,29)/t14-,15+/m0/s1. The Morgan fingerprint density at radius 3 is 2.56 bits per heavy atom. The summed E-state index contributed by atoms with van der Waals surface area (Å²) in [6.45, 7) is 4.48. The van der Waals surface area contributed by atoms with E-state index < -0.39 is 28.2 Å². The second-order valence-electron chi connectivity index (χ2n) is 7.53. The van der Waals surface area contributed by atoms with Crippen molar-refractivity contribution in [3.8, 4) is 5.75 Å². The molecule has 32 heavy (non-hydrogen) atoms. The molecule has 168 valence electrons. The molecule has 1 aliphatic rings. The van der Waals surface area contributed by atoms with Crippen LogP contribution in [0.3, 0.4) is 0 Å². The van der Waals surface area contributed by atoms with Crippen LogP contribution in [0.1, 0.15) is 29.8 Å². The maximum atomic E-state index is 13.2. The zero-order chi connectivity index (χ0) is 23.4. The van der Waals surface area contributed by atoms with Crippen molar-refractivity contribution in [2.45, 2.75) is 32.5 Å². The van der Waals surface area contributed by atoms with Gasteiger partial charge in [0.15, 0.2) is 5.75 Å². The second kappa shape index (κ2) is 9.59. The summed E-state index contributed by atoms with van der Waals surface area (Å²) in [5.41, 5.74) is 0.128. The van der Waals surface area contributed by atoms with Crippen LogP contribution in [0.4, 0.5) is 10.1 Å². The van der Waals surface area contributed by atoms with Crippen molar-refractivity contribution in [2.75, 3.05) is 13.3 Å². The van der Waals surface area contributed by atoms with E-state index in [1.54, 1.807) is 19.1 Å². The van der Waals surface area contributed by atoms with Crippen LogP contribution < -0.4 is 4.74 Å². The summed E-state index contributed by atoms with van der Waals surface area (Å²) in [6.07, 6.45) is 0. The third-order valence-corrected chi connectivity index (χ3v) is 5.45. The highest BCUT2D eigenvalue weighted by molar-refractivity contribution is 5.93. The zero-order valence-electron chi connectivity index (χ0n) is 17.5. The number of carbonyl (C=O) groups is 1. The summed E-state index contributed by atoms with van der Waals surface area (Å²) in [5.74, 6) is 0.0471. The molecule has 0 aliphatic carbocycles. The largest absolute Gasteiger partial charge is 0.477 e. The molecule has 9 nitrogen and oxygen atoms in total. The minimum atomic E-state index is -1.43. The van der Waals surface area contributed by atoms with Gasteiger partial charge in [-0.3, -0.25) is 15.0 Å². The van der Waals surface area contributed by atoms with Crippen LogP contribution >= 0.6 is 0 Å². The number of aromatic carboxylic acids is 1. The molecule has 1 N–H and O–H groups in total. The van der Waals surface area contributed by atoms with Gasteiger partial charge in [0, 0.05) is 19.1 Å². The van der Waals surface area contributed by atoms with E-state index >= 15 is 0 Å². The Hall–Kier alpha value is -3.75. The first-order valence-electron chi connectivity index (χ1n) is 9.86. The van der Waals surface area contributed by atoms with Gasteiger partial charge in [0.05, 0.1) is 11.0 Å². The van der Waals surface area contributed by atoms with Gasteiger partial charge in [0.25, 0.3) is 0 Å². The summed E-state index contributed by atoms with van der Waals surface area (Å²) in [5, 5.41) is 20.6. The van der Waals surface area contributed by atoms with E-state index in [0.717, 1.165) is 11.6 Å². The molecular weight excluding hydrogens is 421 g/mol. The topological polar surface area (TPSA) is 113 Å². The Morgan fingerprint density at radius 2 is 1.97 bits per heavy atom. The number of carboxylic acid groups (broad SMARTS) is 1. The predicted molar refractivity (Wildman–Crippen MR) is 112 cm³/mol. The van der Waals surface area contributed by atoms with Crippen LogP contribution in [0.5, 0.6) is 5.75 Å². The molecule has 1 aliphatic heterocycles. The number of rotatable bonds is 7. The van der Waals surface area contributed by atoms with Gasteiger partial charge in [0.1, 0.15) is 29.7 Å². The molecule has 1 saturated heterocycles. The monoisotopic (exact) mass is 443 g/mol. The number of para-hydroxylation sites is 1. The number of nitro groups is 1. The van der Waals surface area contributed by atoms with E-state index in [4.69, 9.17) is 4.74 Å². The maximum Gasteiger partial charge on any atom is 0.342 e. The van der Waals surface area contributed by atoms with Crippen molar-refractivity contribution in [2.24, 2.45) is 0 Å². The predicted octanol–water partition coefficient (Wildman–Crippen LogP) is 3.08. The van der Waals surface area contributed by atoms with Crippen molar-refractivity contribution in [1.82, 2.24) is 9.80 Å². The fourth-order valence-electron chi connectivity index (χ4n) is 3.73. The van der Waals surface area contributed by atoms with Crippen LogP contribution in [0.2, 0.25) is 0 Å². The molecule has 0 aromatic heterocycles. The van der Waals surface area contributed by atoms with Crippen molar-refractivity contribution in [3.05, 3.63) is 75.2 Å². The highest BCUT2D eigenvalue weighted by Gasteiger charge is 2.35. The van der Waals surface area contributed by atoms with Gasteiger partial charge in [-0.2, -0.15) is 0 Å². The molecule has 2 atom stereocenters. The lowest BCUT2D eigenvalue weighted by Crippen LogP contribution is -2.55. The minimum absolute atomic E-state index is 0.0923. The average molecular weight is 443 g/mol. The van der Waals surface area contributed by atoms with Crippen molar-refractivity contribution in [1.29, 1.82) is 0 Å². The SMILES string of the molecule is C[C@@H]1C(=C=O)N(Cc2ccc(F)cc2)[C@@H](C)CN1COc1cccc(C(=O)O)c1[N+](=O)[O-]. The first-order chi connectivity index (χ1) is 15.2. The third-order valence-electron chi connectivity index (χ3n) is 5.45. The lowest BCUT2D eigenvalue weighted by Gasteiger charge is -2.45. The van der Waals surface area contributed by atoms with E-state index in [9.17, 15) is 29.2 Å². The van der Waals surface area contributed by atoms with Gasteiger partial charge in [-0.25, -0.2) is 14.0 Å². The number of carbonyl (C=O) groups excluding carboxylic acids is 1. The van der Waals surface area contributed by atoms with Crippen LogP contribution in [-0.2, 0) is 11.3 Å². The molecule has 1 heterocycles. The summed E-state index contributed by atoms with van der Waals surface area (Å²) in [4.78, 5) is 37.4. The Kier molecular flexibility index (Phi) is 6.87. The van der Waals surface area contributed by atoms with Gasteiger partial charge in [-0.15, -0.1) is 0 Å². The van der Waals surface area contributed by atoms with Gasteiger partial charge in [-0.1, -0.05) is 18.2 Å². The number of hydrogen-bond donors (Lipinski definition) is 1. The molecule has 0 saturated carbocycles. The fraction of sp³-hybridized carbons (Fsp3) is 0.318. The molecule has 2 aromatic carbocycles. The zero-order valence-corrected chi connectivity index (χ0v) is 17.5. The molecule has 3 rings (SSSR count). The molecule has 0 unspecified atom stereocenters.